The molecule has 2 rings (SSSR count). The van der Waals surface area contributed by atoms with Crippen LogP contribution in [0.5, 0.6) is 0 Å². The molecule has 0 saturated heterocycles. The van der Waals surface area contributed by atoms with Crippen molar-refractivity contribution in [1.82, 2.24) is 10.2 Å². The maximum atomic E-state index is 13.4. The van der Waals surface area contributed by atoms with Crippen LogP contribution in [0.15, 0.2) is 42.5 Å². The highest BCUT2D eigenvalue weighted by atomic mass is 35.5. The number of carbonyl (C=O) groups is 2. The predicted molar refractivity (Wildman–Crippen MR) is 133 cm³/mol. The molecule has 0 radical (unpaired) electrons. The van der Waals surface area contributed by atoms with E-state index in [0.29, 0.717) is 47.3 Å². The Balaban J connectivity index is 2.23. The van der Waals surface area contributed by atoms with Crippen molar-refractivity contribution in [3.8, 4) is 0 Å². The minimum Gasteiger partial charge on any atom is -0.354 e. The van der Waals surface area contributed by atoms with Crippen LogP contribution in [0.2, 0.25) is 10.0 Å². The minimum absolute atomic E-state index is 0.0904. The lowest BCUT2D eigenvalue weighted by atomic mass is 10.00. The minimum atomic E-state index is -0.579. The van der Waals surface area contributed by atoms with Gasteiger partial charge in [-0.2, -0.15) is 0 Å². The van der Waals surface area contributed by atoms with Gasteiger partial charge in [-0.15, -0.1) is 0 Å². The molecular formula is C26H34Cl2N2O2. The molecule has 0 fully saturated rings. The number of hydrogen-bond donors (Lipinski definition) is 1. The summed E-state index contributed by atoms with van der Waals surface area (Å²) in [5.74, 6) is 0.230. The molecule has 1 atom stereocenters. The van der Waals surface area contributed by atoms with Gasteiger partial charge in [-0.05, 0) is 48.4 Å². The Labute approximate surface area is 202 Å². The lowest BCUT2D eigenvalue weighted by Crippen LogP contribution is -2.49. The van der Waals surface area contributed by atoms with E-state index in [-0.39, 0.29) is 18.4 Å². The Morgan fingerprint density at radius 1 is 1.00 bits per heavy atom. The summed E-state index contributed by atoms with van der Waals surface area (Å²) in [5.41, 5.74) is 3.03. The summed E-state index contributed by atoms with van der Waals surface area (Å²) in [6.07, 6.45) is 2.25. The van der Waals surface area contributed by atoms with Crippen LogP contribution < -0.4 is 5.32 Å². The molecule has 0 aromatic heterocycles. The molecule has 4 nitrogen and oxygen atoms in total. The van der Waals surface area contributed by atoms with E-state index < -0.39 is 6.04 Å². The molecule has 32 heavy (non-hydrogen) atoms. The number of nitrogens with zero attached hydrogens (tertiary/aromatic N) is 1. The van der Waals surface area contributed by atoms with Gasteiger partial charge in [-0.25, -0.2) is 0 Å². The van der Waals surface area contributed by atoms with E-state index in [0.717, 1.165) is 12.0 Å². The molecule has 0 aliphatic heterocycles. The first-order chi connectivity index (χ1) is 15.3. The number of halogens is 2. The van der Waals surface area contributed by atoms with Crippen molar-refractivity contribution < 1.29 is 9.59 Å². The van der Waals surface area contributed by atoms with Crippen LogP contribution in [-0.2, 0) is 22.6 Å². The maximum Gasteiger partial charge on any atom is 0.242 e. The maximum absolute atomic E-state index is 13.4. The quantitative estimate of drug-likeness (QED) is 0.408. The summed E-state index contributed by atoms with van der Waals surface area (Å²) >= 11 is 12.8. The van der Waals surface area contributed by atoms with Crippen molar-refractivity contribution in [3.05, 3.63) is 69.2 Å². The van der Waals surface area contributed by atoms with E-state index in [9.17, 15) is 9.59 Å². The molecular weight excluding hydrogens is 443 g/mol. The summed E-state index contributed by atoms with van der Waals surface area (Å²) < 4.78 is 0. The van der Waals surface area contributed by atoms with Gasteiger partial charge in [0.1, 0.15) is 6.04 Å². The molecule has 0 aliphatic rings. The number of benzene rings is 2. The van der Waals surface area contributed by atoms with Crippen molar-refractivity contribution in [2.75, 3.05) is 6.54 Å². The Hall–Kier alpha value is -2.04. The van der Waals surface area contributed by atoms with Crippen LogP contribution in [-0.4, -0.2) is 29.3 Å². The molecule has 0 heterocycles. The number of rotatable bonds is 11. The molecule has 6 heteroatoms. The second-order valence-corrected chi connectivity index (χ2v) is 9.15. The van der Waals surface area contributed by atoms with Crippen molar-refractivity contribution in [2.24, 2.45) is 0 Å². The third kappa shape index (κ3) is 7.25. The summed E-state index contributed by atoms with van der Waals surface area (Å²) in [7, 11) is 0. The highest BCUT2D eigenvalue weighted by Gasteiger charge is 2.29. The molecule has 0 unspecified atom stereocenters. The first-order valence-electron chi connectivity index (χ1n) is 11.4. The average molecular weight is 477 g/mol. The van der Waals surface area contributed by atoms with E-state index in [4.69, 9.17) is 23.2 Å². The SMILES string of the molecule is CCCNC(=O)[C@H](CC)N(Cc1c(Cl)cccc1Cl)C(=O)CCc1ccc(C(C)C)cc1. The Bertz CT molecular complexity index is 877. The topological polar surface area (TPSA) is 49.4 Å². The first kappa shape index (κ1) is 26.2. The highest BCUT2D eigenvalue weighted by molar-refractivity contribution is 6.36. The van der Waals surface area contributed by atoms with Gasteiger partial charge in [0.05, 0.1) is 0 Å². The van der Waals surface area contributed by atoms with Gasteiger partial charge in [0.25, 0.3) is 0 Å². The molecule has 0 spiro atoms. The van der Waals surface area contributed by atoms with Gasteiger partial charge in [-0.1, -0.05) is 81.2 Å². The molecule has 0 saturated carbocycles. The van der Waals surface area contributed by atoms with Crippen LogP contribution in [0.3, 0.4) is 0 Å². The van der Waals surface area contributed by atoms with Crippen molar-refractivity contribution in [3.63, 3.8) is 0 Å². The molecule has 0 aliphatic carbocycles. The second kappa shape index (κ2) is 12.9. The van der Waals surface area contributed by atoms with E-state index in [1.807, 2.05) is 13.8 Å². The lowest BCUT2D eigenvalue weighted by molar-refractivity contribution is -0.141. The average Bonchev–Trinajstić information content (AvgIpc) is 2.78. The smallest absolute Gasteiger partial charge is 0.242 e. The zero-order valence-corrected chi connectivity index (χ0v) is 21.0. The summed E-state index contributed by atoms with van der Waals surface area (Å²) in [4.78, 5) is 27.8. The molecule has 2 aromatic carbocycles. The first-order valence-corrected chi connectivity index (χ1v) is 12.1. The fourth-order valence-electron chi connectivity index (χ4n) is 3.60. The molecule has 0 bridgehead atoms. The van der Waals surface area contributed by atoms with Crippen LogP contribution in [0.25, 0.3) is 0 Å². The van der Waals surface area contributed by atoms with Crippen molar-refractivity contribution >= 4 is 35.0 Å². The predicted octanol–water partition coefficient (Wildman–Crippen LogP) is 6.38. The third-order valence-corrected chi connectivity index (χ3v) is 6.31. The summed E-state index contributed by atoms with van der Waals surface area (Å²) in [6.45, 7) is 9.00. The van der Waals surface area contributed by atoms with Gasteiger partial charge in [-0.3, -0.25) is 9.59 Å². The highest BCUT2D eigenvalue weighted by Crippen LogP contribution is 2.27. The Morgan fingerprint density at radius 2 is 1.62 bits per heavy atom. The second-order valence-electron chi connectivity index (χ2n) is 8.33. The van der Waals surface area contributed by atoms with E-state index in [1.54, 1.807) is 23.1 Å². The van der Waals surface area contributed by atoms with Crippen LogP contribution >= 0.6 is 23.2 Å². The fourth-order valence-corrected chi connectivity index (χ4v) is 4.12. The van der Waals surface area contributed by atoms with Gasteiger partial charge < -0.3 is 10.2 Å². The standard InChI is InChI=1S/C26H34Cl2N2O2/c1-5-16-29-26(32)24(6-2)30(17-21-22(27)8-7-9-23(21)28)25(31)15-12-19-10-13-20(14-11-19)18(3)4/h7-11,13-14,18,24H,5-6,12,15-17H2,1-4H3,(H,29,32)/t24-/m0/s1. The van der Waals surface area contributed by atoms with E-state index >= 15 is 0 Å². The molecule has 2 amide bonds. The normalized spacial score (nSPS) is 12.0. The molecule has 2 aromatic rings. The number of carbonyl (C=O) groups excluding carboxylic acids is 2. The van der Waals surface area contributed by atoms with Crippen LogP contribution in [0.4, 0.5) is 0 Å². The summed E-state index contributed by atoms with van der Waals surface area (Å²) in [6, 6.07) is 13.1. The van der Waals surface area contributed by atoms with E-state index in [2.05, 4.69) is 43.4 Å². The number of nitrogens with one attached hydrogen (secondary N) is 1. The number of aryl methyl sites for hydroxylation is 1. The van der Waals surface area contributed by atoms with Crippen molar-refractivity contribution in [2.45, 2.75) is 71.9 Å². The monoisotopic (exact) mass is 476 g/mol. The number of amides is 2. The third-order valence-electron chi connectivity index (χ3n) is 5.60. The van der Waals surface area contributed by atoms with Gasteiger partial charge >= 0.3 is 0 Å². The van der Waals surface area contributed by atoms with E-state index in [1.165, 1.54) is 5.56 Å². The van der Waals surface area contributed by atoms with Crippen LogP contribution in [0, 0.1) is 0 Å². The fraction of sp³-hybridized carbons (Fsp3) is 0.462. The van der Waals surface area contributed by atoms with Gasteiger partial charge in [0.15, 0.2) is 0 Å². The largest absolute Gasteiger partial charge is 0.354 e. The van der Waals surface area contributed by atoms with Crippen LogP contribution in [0.1, 0.15) is 69.6 Å². The zero-order valence-electron chi connectivity index (χ0n) is 19.5. The lowest BCUT2D eigenvalue weighted by Gasteiger charge is -2.31. The summed E-state index contributed by atoms with van der Waals surface area (Å²) in [5, 5.41) is 3.90. The Kier molecular flexibility index (Phi) is 10.5. The molecule has 174 valence electrons. The number of hydrogen-bond acceptors (Lipinski definition) is 2. The molecule has 1 N–H and O–H groups in total. The zero-order chi connectivity index (χ0) is 23.7. The Morgan fingerprint density at radius 3 is 2.16 bits per heavy atom. The van der Waals surface area contributed by atoms with Gasteiger partial charge in [0.2, 0.25) is 11.8 Å². The van der Waals surface area contributed by atoms with Gasteiger partial charge in [0, 0.05) is 35.1 Å². The van der Waals surface area contributed by atoms with Crippen molar-refractivity contribution in [1.29, 1.82) is 0 Å².